The van der Waals surface area contributed by atoms with Gasteiger partial charge in [-0.3, -0.25) is 4.98 Å². The number of furan rings is 1. The van der Waals surface area contributed by atoms with Crippen LogP contribution in [-0.4, -0.2) is 64.0 Å². The molecular weight excluding hydrogens is 430 g/mol. The standard InChI is InChI=1S/C25H25N7O2/c1-31-8-10-32(11-9-31)18-13-27-25(28-14-18)24-23(20-6-7-26-15-22(20)34-24)29-17-3-4-19-16(12-17)2-5-21(19)30-33/h3-4,6-7,12-15,29,33H,2,5,8-11H2,1H3. The fourth-order valence-electron chi connectivity index (χ4n) is 4.69. The number of piperazine rings is 1. The first-order valence-corrected chi connectivity index (χ1v) is 11.4. The zero-order valence-electron chi connectivity index (χ0n) is 18.9. The number of aryl methyl sites for hydroxylation is 1. The highest BCUT2D eigenvalue weighted by molar-refractivity contribution is 6.05. The van der Waals surface area contributed by atoms with Gasteiger partial charge in [0.15, 0.2) is 17.2 Å². The van der Waals surface area contributed by atoms with Gasteiger partial charge in [-0.2, -0.15) is 0 Å². The minimum absolute atomic E-state index is 0.521. The SMILES string of the molecule is CN1CCN(c2cnc(-c3oc4cnccc4c3Nc3ccc4c(c3)CCC4=NO)nc2)CC1. The lowest BCUT2D eigenvalue weighted by atomic mass is 10.1. The average Bonchev–Trinajstić information content (AvgIpc) is 3.46. The lowest BCUT2D eigenvalue weighted by Gasteiger charge is -2.33. The summed E-state index contributed by atoms with van der Waals surface area (Å²) >= 11 is 0. The Morgan fingerprint density at radius 1 is 1.03 bits per heavy atom. The molecule has 2 N–H and O–H groups in total. The Labute approximate surface area is 196 Å². The third-order valence-electron chi connectivity index (χ3n) is 6.64. The van der Waals surface area contributed by atoms with E-state index in [1.807, 2.05) is 30.6 Å². The molecule has 6 rings (SSSR count). The van der Waals surface area contributed by atoms with Crippen molar-refractivity contribution in [1.29, 1.82) is 0 Å². The Morgan fingerprint density at radius 3 is 2.65 bits per heavy atom. The van der Waals surface area contributed by atoms with Crippen molar-refractivity contribution >= 4 is 33.7 Å². The molecule has 9 nitrogen and oxygen atoms in total. The largest absolute Gasteiger partial charge is 0.449 e. The molecule has 0 spiro atoms. The molecule has 0 unspecified atom stereocenters. The van der Waals surface area contributed by atoms with E-state index in [-0.39, 0.29) is 0 Å². The fraction of sp³-hybridized carbons (Fsp3) is 0.280. The molecule has 2 aliphatic rings. The number of aromatic nitrogens is 3. The van der Waals surface area contributed by atoms with Gasteiger partial charge in [-0.15, -0.1) is 0 Å². The molecule has 34 heavy (non-hydrogen) atoms. The third kappa shape index (κ3) is 3.63. The number of pyridine rings is 1. The maximum absolute atomic E-state index is 9.22. The summed E-state index contributed by atoms with van der Waals surface area (Å²) < 4.78 is 6.16. The quantitative estimate of drug-likeness (QED) is 0.353. The van der Waals surface area contributed by atoms with Crippen molar-refractivity contribution < 1.29 is 9.62 Å². The predicted molar refractivity (Wildman–Crippen MR) is 131 cm³/mol. The van der Waals surface area contributed by atoms with E-state index in [4.69, 9.17) is 4.42 Å². The van der Waals surface area contributed by atoms with E-state index >= 15 is 0 Å². The van der Waals surface area contributed by atoms with Crippen LogP contribution < -0.4 is 10.2 Å². The number of oxime groups is 1. The minimum atomic E-state index is 0.521. The van der Waals surface area contributed by atoms with Gasteiger partial charge in [0.25, 0.3) is 0 Å². The van der Waals surface area contributed by atoms with Gasteiger partial charge in [0.05, 0.1) is 35.7 Å². The highest BCUT2D eigenvalue weighted by atomic mass is 16.4. The van der Waals surface area contributed by atoms with E-state index in [9.17, 15) is 5.21 Å². The molecule has 9 heteroatoms. The maximum Gasteiger partial charge on any atom is 0.198 e. The summed E-state index contributed by atoms with van der Waals surface area (Å²) in [6, 6.07) is 7.99. The smallest absolute Gasteiger partial charge is 0.198 e. The second kappa shape index (κ2) is 8.42. The molecule has 1 saturated heterocycles. The van der Waals surface area contributed by atoms with Crippen LogP contribution in [0.4, 0.5) is 17.1 Å². The zero-order chi connectivity index (χ0) is 23.1. The molecule has 172 valence electrons. The van der Waals surface area contributed by atoms with Gasteiger partial charge in [0.2, 0.25) is 0 Å². The van der Waals surface area contributed by atoms with E-state index < -0.39 is 0 Å². The number of benzene rings is 1. The first-order valence-electron chi connectivity index (χ1n) is 11.4. The number of rotatable bonds is 4. The van der Waals surface area contributed by atoms with E-state index in [1.54, 1.807) is 12.4 Å². The molecule has 0 saturated carbocycles. The Kier molecular flexibility index (Phi) is 5.10. The van der Waals surface area contributed by atoms with Crippen LogP contribution in [0.15, 0.2) is 58.6 Å². The molecule has 0 bridgehead atoms. The fourth-order valence-corrected chi connectivity index (χ4v) is 4.69. The van der Waals surface area contributed by atoms with Crippen LogP contribution in [0.25, 0.3) is 22.6 Å². The van der Waals surface area contributed by atoms with Crippen molar-refractivity contribution in [2.75, 3.05) is 43.4 Å². The Morgan fingerprint density at radius 2 is 1.85 bits per heavy atom. The molecule has 1 aliphatic heterocycles. The summed E-state index contributed by atoms with van der Waals surface area (Å²) in [4.78, 5) is 18.1. The normalized spacial score (nSPS) is 17.4. The van der Waals surface area contributed by atoms with E-state index in [0.717, 1.165) is 78.3 Å². The molecule has 1 aromatic carbocycles. The summed E-state index contributed by atoms with van der Waals surface area (Å²) in [6.07, 6.45) is 8.78. The predicted octanol–water partition coefficient (Wildman–Crippen LogP) is 3.90. The van der Waals surface area contributed by atoms with Gasteiger partial charge in [-0.05, 0) is 43.7 Å². The minimum Gasteiger partial charge on any atom is -0.449 e. The van der Waals surface area contributed by atoms with Crippen molar-refractivity contribution in [1.82, 2.24) is 19.9 Å². The lowest BCUT2D eigenvalue weighted by molar-refractivity contribution is 0.312. The Balaban J connectivity index is 1.34. The van der Waals surface area contributed by atoms with Crippen molar-refractivity contribution in [2.24, 2.45) is 5.16 Å². The van der Waals surface area contributed by atoms with Crippen LogP contribution in [0.2, 0.25) is 0 Å². The lowest BCUT2D eigenvalue weighted by Crippen LogP contribution is -2.44. The number of anilines is 3. The first kappa shape index (κ1) is 20.6. The van der Waals surface area contributed by atoms with Crippen LogP contribution in [0.1, 0.15) is 17.5 Å². The molecule has 3 aromatic heterocycles. The summed E-state index contributed by atoms with van der Waals surface area (Å²) in [7, 11) is 2.14. The topological polar surface area (TPSA) is 103 Å². The number of hydrogen-bond acceptors (Lipinski definition) is 9. The molecule has 0 amide bonds. The second-order valence-electron chi connectivity index (χ2n) is 8.78. The Hall–Kier alpha value is -3.98. The van der Waals surface area contributed by atoms with Crippen molar-refractivity contribution in [3.8, 4) is 11.6 Å². The zero-order valence-corrected chi connectivity index (χ0v) is 18.9. The van der Waals surface area contributed by atoms with Crippen LogP contribution in [0, 0.1) is 0 Å². The molecular formula is C25H25N7O2. The molecule has 0 atom stereocenters. The number of likely N-dealkylation sites (N-methyl/N-ethyl adjacent to an activating group) is 1. The van der Waals surface area contributed by atoms with Gasteiger partial charge in [0, 0.05) is 49.0 Å². The number of fused-ring (bicyclic) bond motifs is 2. The van der Waals surface area contributed by atoms with E-state index in [0.29, 0.717) is 17.2 Å². The van der Waals surface area contributed by atoms with Crippen molar-refractivity contribution in [3.05, 3.63) is 60.2 Å². The maximum atomic E-state index is 9.22. The molecule has 0 radical (unpaired) electrons. The van der Waals surface area contributed by atoms with Gasteiger partial charge >= 0.3 is 0 Å². The van der Waals surface area contributed by atoms with Gasteiger partial charge < -0.3 is 24.7 Å². The second-order valence-corrected chi connectivity index (χ2v) is 8.78. The van der Waals surface area contributed by atoms with Crippen LogP contribution in [-0.2, 0) is 6.42 Å². The van der Waals surface area contributed by atoms with E-state index in [1.165, 1.54) is 0 Å². The summed E-state index contributed by atoms with van der Waals surface area (Å²) in [5, 5.41) is 17.1. The summed E-state index contributed by atoms with van der Waals surface area (Å²) in [5.41, 5.74) is 6.30. The van der Waals surface area contributed by atoms with Gasteiger partial charge in [-0.1, -0.05) is 11.2 Å². The average molecular weight is 456 g/mol. The van der Waals surface area contributed by atoms with Crippen LogP contribution >= 0.6 is 0 Å². The third-order valence-corrected chi connectivity index (χ3v) is 6.64. The monoisotopic (exact) mass is 455 g/mol. The number of nitrogens with one attached hydrogen (secondary N) is 1. The van der Waals surface area contributed by atoms with Crippen molar-refractivity contribution in [3.63, 3.8) is 0 Å². The highest BCUT2D eigenvalue weighted by Crippen LogP contribution is 2.39. The van der Waals surface area contributed by atoms with Gasteiger partial charge in [0.1, 0.15) is 0 Å². The summed E-state index contributed by atoms with van der Waals surface area (Å²) in [6.45, 7) is 3.98. The highest BCUT2D eigenvalue weighted by Gasteiger charge is 2.22. The number of hydrogen-bond donors (Lipinski definition) is 2. The number of nitrogens with zero attached hydrogens (tertiary/aromatic N) is 6. The Bertz CT molecular complexity index is 1370. The molecule has 4 heterocycles. The molecule has 1 fully saturated rings. The summed E-state index contributed by atoms with van der Waals surface area (Å²) in [5.74, 6) is 1.10. The van der Waals surface area contributed by atoms with Crippen LogP contribution in [0.3, 0.4) is 0 Å². The van der Waals surface area contributed by atoms with Crippen LogP contribution in [0.5, 0.6) is 0 Å². The first-order chi connectivity index (χ1) is 16.7. The molecule has 1 aliphatic carbocycles. The van der Waals surface area contributed by atoms with Gasteiger partial charge in [-0.25, -0.2) is 9.97 Å². The van der Waals surface area contributed by atoms with E-state index in [2.05, 4.69) is 48.3 Å². The molecule has 4 aromatic rings. The van der Waals surface area contributed by atoms with Crippen molar-refractivity contribution in [2.45, 2.75) is 12.8 Å².